The summed E-state index contributed by atoms with van der Waals surface area (Å²) in [5.41, 5.74) is 0.0999. The van der Waals surface area contributed by atoms with Crippen LogP contribution in [0.15, 0.2) is 36.4 Å². The zero-order valence-electron chi connectivity index (χ0n) is 8.95. The molecule has 0 atom stereocenters. The Bertz CT molecular complexity index is 637. The van der Waals surface area contributed by atoms with Crippen LogP contribution in [-0.2, 0) is 0 Å². The molecule has 0 saturated carbocycles. The van der Waals surface area contributed by atoms with Gasteiger partial charge in [0.15, 0.2) is 11.6 Å². The third kappa shape index (κ3) is 2.41. The Labute approximate surface area is 107 Å². The molecule has 0 fully saturated rings. The number of nitrogens with zero attached hydrogens (tertiary/aromatic N) is 1. The fourth-order valence-corrected chi connectivity index (χ4v) is 1.58. The number of nitriles is 1. The van der Waals surface area contributed by atoms with E-state index in [0.29, 0.717) is 6.07 Å². The minimum absolute atomic E-state index is 0.0999. The largest absolute Gasteiger partial charge is 0.453 e. The Morgan fingerprint density at radius 1 is 1.11 bits per heavy atom. The van der Waals surface area contributed by atoms with E-state index in [4.69, 9.17) is 21.6 Å². The molecule has 0 aliphatic heterocycles. The SMILES string of the molecule is N#Cc1c(Cl)cccc1Oc1ccc(F)cc1F. The lowest BCUT2D eigenvalue weighted by Gasteiger charge is -2.08. The molecule has 0 radical (unpaired) electrons. The van der Waals surface area contributed by atoms with Gasteiger partial charge in [-0.3, -0.25) is 0 Å². The molecule has 0 aliphatic carbocycles. The first-order chi connectivity index (χ1) is 8.61. The summed E-state index contributed by atoms with van der Waals surface area (Å²) in [6, 6.07) is 9.34. The zero-order chi connectivity index (χ0) is 13.1. The van der Waals surface area contributed by atoms with E-state index < -0.39 is 11.6 Å². The quantitative estimate of drug-likeness (QED) is 0.812. The van der Waals surface area contributed by atoms with Crippen LogP contribution in [0.1, 0.15) is 5.56 Å². The zero-order valence-corrected chi connectivity index (χ0v) is 9.71. The summed E-state index contributed by atoms with van der Waals surface area (Å²) >= 11 is 5.80. The number of rotatable bonds is 2. The first-order valence-corrected chi connectivity index (χ1v) is 5.31. The van der Waals surface area contributed by atoms with Gasteiger partial charge in [-0.15, -0.1) is 0 Å². The highest BCUT2D eigenvalue weighted by Crippen LogP contribution is 2.31. The normalized spacial score (nSPS) is 9.89. The minimum Gasteiger partial charge on any atom is -0.453 e. The van der Waals surface area contributed by atoms with Crippen molar-refractivity contribution >= 4 is 11.6 Å². The molecule has 0 N–H and O–H groups in total. The van der Waals surface area contributed by atoms with Crippen LogP contribution in [0.4, 0.5) is 8.78 Å². The second kappa shape index (κ2) is 5.03. The van der Waals surface area contributed by atoms with Gasteiger partial charge in [0.2, 0.25) is 0 Å². The number of hydrogen-bond acceptors (Lipinski definition) is 2. The Morgan fingerprint density at radius 2 is 1.89 bits per heavy atom. The first kappa shape index (κ1) is 12.3. The average molecular weight is 266 g/mol. The molecule has 0 bridgehead atoms. The van der Waals surface area contributed by atoms with Crippen molar-refractivity contribution in [3.05, 3.63) is 58.6 Å². The van der Waals surface area contributed by atoms with Crippen LogP contribution in [-0.4, -0.2) is 0 Å². The molecule has 5 heteroatoms. The molecule has 0 aromatic heterocycles. The van der Waals surface area contributed by atoms with Crippen molar-refractivity contribution in [2.45, 2.75) is 0 Å². The van der Waals surface area contributed by atoms with Crippen molar-refractivity contribution in [2.75, 3.05) is 0 Å². The molecule has 2 rings (SSSR count). The Hall–Kier alpha value is -2.12. The highest BCUT2D eigenvalue weighted by molar-refractivity contribution is 6.31. The average Bonchev–Trinajstić information content (AvgIpc) is 2.33. The highest BCUT2D eigenvalue weighted by Gasteiger charge is 2.11. The maximum atomic E-state index is 13.4. The number of benzene rings is 2. The topological polar surface area (TPSA) is 33.0 Å². The standard InChI is InChI=1S/C13H6ClF2NO/c14-10-2-1-3-12(9(10)7-17)18-13-5-4-8(15)6-11(13)16/h1-6H. The maximum absolute atomic E-state index is 13.4. The lowest BCUT2D eigenvalue weighted by molar-refractivity contribution is 0.436. The summed E-state index contributed by atoms with van der Waals surface area (Å²) < 4.78 is 31.3. The van der Waals surface area contributed by atoms with E-state index in [2.05, 4.69) is 0 Å². The second-order valence-corrected chi connectivity index (χ2v) is 3.81. The van der Waals surface area contributed by atoms with Crippen LogP contribution >= 0.6 is 11.6 Å². The monoisotopic (exact) mass is 265 g/mol. The molecule has 0 aliphatic rings. The van der Waals surface area contributed by atoms with Crippen LogP contribution in [0.25, 0.3) is 0 Å². The molecule has 90 valence electrons. The van der Waals surface area contributed by atoms with Gasteiger partial charge in [0.25, 0.3) is 0 Å². The van der Waals surface area contributed by atoms with Gasteiger partial charge >= 0.3 is 0 Å². The maximum Gasteiger partial charge on any atom is 0.168 e. The van der Waals surface area contributed by atoms with E-state index in [9.17, 15) is 8.78 Å². The predicted octanol–water partition coefficient (Wildman–Crippen LogP) is 4.28. The summed E-state index contributed by atoms with van der Waals surface area (Å²) in [6.07, 6.45) is 0. The molecule has 2 aromatic carbocycles. The van der Waals surface area contributed by atoms with Gasteiger partial charge in [-0.05, 0) is 24.3 Å². The first-order valence-electron chi connectivity index (χ1n) is 4.93. The Morgan fingerprint density at radius 3 is 2.56 bits per heavy atom. The molecule has 0 spiro atoms. The summed E-state index contributed by atoms with van der Waals surface area (Å²) in [6.45, 7) is 0. The van der Waals surface area contributed by atoms with E-state index in [-0.39, 0.29) is 22.1 Å². The van der Waals surface area contributed by atoms with Crippen LogP contribution < -0.4 is 4.74 Å². The van der Waals surface area contributed by atoms with E-state index in [1.165, 1.54) is 12.1 Å². The van der Waals surface area contributed by atoms with Crippen molar-refractivity contribution in [3.63, 3.8) is 0 Å². The smallest absolute Gasteiger partial charge is 0.168 e. The van der Waals surface area contributed by atoms with E-state index >= 15 is 0 Å². The van der Waals surface area contributed by atoms with Gasteiger partial charge < -0.3 is 4.74 Å². The lowest BCUT2D eigenvalue weighted by Crippen LogP contribution is -1.92. The van der Waals surface area contributed by atoms with Crippen molar-refractivity contribution in [3.8, 4) is 17.6 Å². The second-order valence-electron chi connectivity index (χ2n) is 3.40. The van der Waals surface area contributed by atoms with Gasteiger partial charge in [0.05, 0.1) is 5.02 Å². The molecule has 18 heavy (non-hydrogen) atoms. The van der Waals surface area contributed by atoms with Crippen molar-refractivity contribution < 1.29 is 13.5 Å². The third-order valence-corrected chi connectivity index (χ3v) is 2.52. The highest BCUT2D eigenvalue weighted by atomic mass is 35.5. The molecular formula is C13H6ClF2NO. The van der Waals surface area contributed by atoms with Gasteiger partial charge in [-0.25, -0.2) is 8.78 Å². The van der Waals surface area contributed by atoms with Gasteiger partial charge in [0.1, 0.15) is 23.2 Å². The van der Waals surface area contributed by atoms with Gasteiger partial charge in [-0.2, -0.15) is 5.26 Å². The van der Waals surface area contributed by atoms with E-state index in [1.54, 1.807) is 6.07 Å². The van der Waals surface area contributed by atoms with Crippen molar-refractivity contribution in [2.24, 2.45) is 0 Å². The van der Waals surface area contributed by atoms with E-state index in [1.807, 2.05) is 6.07 Å². The predicted molar refractivity (Wildman–Crippen MR) is 62.6 cm³/mol. The summed E-state index contributed by atoms with van der Waals surface area (Å²) in [5, 5.41) is 9.13. The number of hydrogen-bond donors (Lipinski definition) is 0. The van der Waals surface area contributed by atoms with Gasteiger partial charge in [-0.1, -0.05) is 17.7 Å². The molecule has 0 saturated heterocycles. The van der Waals surface area contributed by atoms with Crippen LogP contribution in [0.2, 0.25) is 5.02 Å². The van der Waals surface area contributed by atoms with Crippen molar-refractivity contribution in [1.29, 1.82) is 5.26 Å². The third-order valence-electron chi connectivity index (χ3n) is 2.20. The molecule has 0 unspecified atom stereocenters. The Balaban J connectivity index is 2.41. The molecule has 0 amide bonds. The van der Waals surface area contributed by atoms with Gasteiger partial charge in [0, 0.05) is 6.07 Å². The molecule has 0 heterocycles. The van der Waals surface area contributed by atoms with Crippen LogP contribution in [0.3, 0.4) is 0 Å². The minimum atomic E-state index is -0.848. The number of halogens is 3. The summed E-state index contributed by atoms with van der Waals surface area (Å²) in [4.78, 5) is 0. The van der Waals surface area contributed by atoms with E-state index in [0.717, 1.165) is 12.1 Å². The summed E-state index contributed by atoms with van der Waals surface area (Å²) in [5.74, 6) is -1.60. The Kier molecular flexibility index (Phi) is 3.45. The molecular weight excluding hydrogens is 260 g/mol. The lowest BCUT2D eigenvalue weighted by atomic mass is 10.2. The fourth-order valence-electron chi connectivity index (χ4n) is 1.37. The molecule has 2 nitrogen and oxygen atoms in total. The van der Waals surface area contributed by atoms with Crippen molar-refractivity contribution in [1.82, 2.24) is 0 Å². The molecule has 2 aromatic rings. The van der Waals surface area contributed by atoms with Crippen LogP contribution in [0, 0.1) is 23.0 Å². The summed E-state index contributed by atoms with van der Waals surface area (Å²) in [7, 11) is 0. The van der Waals surface area contributed by atoms with Crippen LogP contribution in [0.5, 0.6) is 11.5 Å². The fraction of sp³-hybridized carbons (Fsp3) is 0. The number of ether oxygens (including phenoxy) is 1.